The molecule has 1 aliphatic carbocycles. The molecule has 1 saturated carbocycles. The molecule has 0 aliphatic heterocycles. The minimum atomic E-state index is 0.466. The summed E-state index contributed by atoms with van der Waals surface area (Å²) in [6.45, 7) is 4.72. The molecule has 0 saturated heterocycles. The van der Waals surface area contributed by atoms with Crippen molar-refractivity contribution >= 4 is 34.0 Å². The molecular formula is C14H21IN2. The van der Waals surface area contributed by atoms with E-state index in [1.54, 1.807) is 0 Å². The molecule has 0 spiro atoms. The van der Waals surface area contributed by atoms with Crippen molar-refractivity contribution in [3.05, 3.63) is 21.8 Å². The van der Waals surface area contributed by atoms with E-state index in [-0.39, 0.29) is 0 Å². The predicted octanol–water partition coefficient (Wildman–Crippen LogP) is 4.25. The van der Waals surface area contributed by atoms with Crippen LogP contribution in [0.1, 0.15) is 39.5 Å². The molecular weight excluding hydrogens is 323 g/mol. The zero-order valence-electron chi connectivity index (χ0n) is 10.6. The van der Waals surface area contributed by atoms with E-state index in [0.717, 1.165) is 11.4 Å². The summed E-state index contributed by atoms with van der Waals surface area (Å²) in [4.78, 5) is 0. The zero-order valence-corrected chi connectivity index (χ0v) is 12.8. The van der Waals surface area contributed by atoms with Crippen LogP contribution in [-0.4, -0.2) is 6.04 Å². The number of nitrogen functional groups attached to an aromatic ring is 1. The maximum atomic E-state index is 6.04. The summed E-state index contributed by atoms with van der Waals surface area (Å²) in [5.41, 5.74) is 8.46. The fraction of sp³-hybridized carbons (Fsp3) is 0.571. The average molecular weight is 344 g/mol. The Morgan fingerprint density at radius 3 is 2.82 bits per heavy atom. The SMILES string of the molecule is CC1(C)CCCC(Nc2ccc(I)cc2N)C1. The van der Waals surface area contributed by atoms with Crippen LogP contribution >= 0.6 is 22.6 Å². The van der Waals surface area contributed by atoms with Gasteiger partial charge in [-0.25, -0.2) is 0 Å². The Morgan fingerprint density at radius 1 is 1.41 bits per heavy atom. The van der Waals surface area contributed by atoms with Crippen molar-refractivity contribution in [3.8, 4) is 0 Å². The van der Waals surface area contributed by atoms with Gasteiger partial charge in [0.1, 0.15) is 0 Å². The second-order valence-electron chi connectivity index (χ2n) is 5.83. The highest BCUT2D eigenvalue weighted by Gasteiger charge is 2.27. The fourth-order valence-corrected chi connectivity index (χ4v) is 3.22. The molecule has 0 amide bonds. The van der Waals surface area contributed by atoms with Crippen LogP contribution in [-0.2, 0) is 0 Å². The molecule has 3 heteroatoms. The second kappa shape index (κ2) is 5.04. The molecule has 1 aromatic carbocycles. The van der Waals surface area contributed by atoms with E-state index < -0.39 is 0 Å². The van der Waals surface area contributed by atoms with E-state index in [1.165, 1.54) is 29.3 Å². The van der Waals surface area contributed by atoms with Gasteiger partial charge in [0.2, 0.25) is 0 Å². The van der Waals surface area contributed by atoms with Gasteiger partial charge < -0.3 is 11.1 Å². The Morgan fingerprint density at radius 2 is 2.18 bits per heavy atom. The van der Waals surface area contributed by atoms with Crippen molar-refractivity contribution in [3.63, 3.8) is 0 Å². The van der Waals surface area contributed by atoms with E-state index >= 15 is 0 Å². The Hall–Kier alpha value is -0.450. The summed E-state index contributed by atoms with van der Waals surface area (Å²) < 4.78 is 1.19. The second-order valence-corrected chi connectivity index (χ2v) is 7.08. The van der Waals surface area contributed by atoms with Gasteiger partial charge in [-0.2, -0.15) is 0 Å². The van der Waals surface area contributed by atoms with E-state index in [9.17, 15) is 0 Å². The molecule has 1 aromatic rings. The molecule has 0 radical (unpaired) electrons. The van der Waals surface area contributed by atoms with Crippen molar-refractivity contribution in [1.29, 1.82) is 0 Å². The first kappa shape index (κ1) is 13.0. The minimum Gasteiger partial charge on any atom is -0.397 e. The van der Waals surface area contributed by atoms with Gasteiger partial charge in [0.15, 0.2) is 0 Å². The number of hydrogen-bond acceptors (Lipinski definition) is 2. The topological polar surface area (TPSA) is 38.0 Å². The first-order valence-corrected chi connectivity index (χ1v) is 7.36. The number of benzene rings is 1. The lowest BCUT2D eigenvalue weighted by Gasteiger charge is -2.36. The summed E-state index contributed by atoms with van der Waals surface area (Å²) in [7, 11) is 0. The van der Waals surface area contributed by atoms with E-state index in [0.29, 0.717) is 11.5 Å². The molecule has 1 fully saturated rings. The van der Waals surface area contributed by atoms with Crippen LogP contribution in [0, 0.1) is 8.99 Å². The van der Waals surface area contributed by atoms with E-state index in [4.69, 9.17) is 5.73 Å². The number of hydrogen-bond donors (Lipinski definition) is 2. The Bertz CT molecular complexity index is 401. The Labute approximate surface area is 117 Å². The predicted molar refractivity (Wildman–Crippen MR) is 83.2 cm³/mol. The van der Waals surface area contributed by atoms with Gasteiger partial charge in [-0.3, -0.25) is 0 Å². The third kappa shape index (κ3) is 3.50. The summed E-state index contributed by atoms with van der Waals surface area (Å²) in [5, 5.41) is 3.60. The molecule has 17 heavy (non-hydrogen) atoms. The molecule has 0 aromatic heterocycles. The van der Waals surface area contributed by atoms with Gasteiger partial charge in [-0.1, -0.05) is 20.3 Å². The molecule has 1 atom stereocenters. The van der Waals surface area contributed by atoms with Gasteiger partial charge >= 0.3 is 0 Å². The molecule has 94 valence electrons. The summed E-state index contributed by atoms with van der Waals surface area (Å²) in [5.74, 6) is 0. The number of anilines is 2. The van der Waals surface area contributed by atoms with Crippen molar-refractivity contribution in [2.24, 2.45) is 5.41 Å². The third-order valence-electron chi connectivity index (χ3n) is 3.58. The molecule has 3 N–H and O–H groups in total. The van der Waals surface area contributed by atoms with E-state index in [1.807, 2.05) is 6.07 Å². The summed E-state index contributed by atoms with van der Waals surface area (Å²) in [6, 6.07) is 6.80. The maximum Gasteiger partial charge on any atom is 0.0576 e. The standard InChI is InChI=1S/C14H21IN2/c1-14(2)7-3-4-11(9-14)17-13-6-5-10(15)8-12(13)16/h5-6,8,11,17H,3-4,7,9,16H2,1-2H3. The minimum absolute atomic E-state index is 0.466. The smallest absolute Gasteiger partial charge is 0.0576 e. The van der Waals surface area contributed by atoms with Crippen molar-refractivity contribution in [2.75, 3.05) is 11.1 Å². The van der Waals surface area contributed by atoms with Gasteiger partial charge in [0.25, 0.3) is 0 Å². The number of nitrogens with one attached hydrogen (secondary N) is 1. The highest BCUT2D eigenvalue weighted by Crippen LogP contribution is 2.37. The van der Waals surface area contributed by atoms with Crippen LogP contribution in [0.5, 0.6) is 0 Å². The normalized spacial score (nSPS) is 23.4. The quantitative estimate of drug-likeness (QED) is 0.622. The molecule has 2 nitrogen and oxygen atoms in total. The van der Waals surface area contributed by atoms with Crippen LogP contribution < -0.4 is 11.1 Å². The summed E-state index contributed by atoms with van der Waals surface area (Å²) in [6.07, 6.45) is 5.15. The van der Waals surface area contributed by atoms with Crippen LogP contribution in [0.4, 0.5) is 11.4 Å². The first-order valence-electron chi connectivity index (χ1n) is 6.28. The lowest BCUT2D eigenvalue weighted by Crippen LogP contribution is -2.31. The highest BCUT2D eigenvalue weighted by molar-refractivity contribution is 14.1. The maximum absolute atomic E-state index is 6.04. The largest absolute Gasteiger partial charge is 0.397 e. The molecule has 1 unspecified atom stereocenters. The Kier molecular flexibility index (Phi) is 3.85. The van der Waals surface area contributed by atoms with Crippen LogP contribution in [0.15, 0.2) is 18.2 Å². The van der Waals surface area contributed by atoms with Crippen molar-refractivity contribution in [2.45, 2.75) is 45.6 Å². The van der Waals surface area contributed by atoms with Crippen molar-refractivity contribution in [1.82, 2.24) is 0 Å². The number of nitrogens with two attached hydrogens (primary N) is 1. The lowest BCUT2D eigenvalue weighted by molar-refractivity contribution is 0.229. The van der Waals surface area contributed by atoms with Gasteiger partial charge in [-0.15, -0.1) is 0 Å². The molecule has 0 bridgehead atoms. The van der Waals surface area contributed by atoms with Crippen LogP contribution in [0.25, 0.3) is 0 Å². The van der Waals surface area contributed by atoms with Crippen LogP contribution in [0.3, 0.4) is 0 Å². The third-order valence-corrected chi connectivity index (χ3v) is 4.25. The zero-order chi connectivity index (χ0) is 12.5. The number of rotatable bonds is 2. The monoisotopic (exact) mass is 344 g/mol. The Balaban J connectivity index is 2.05. The van der Waals surface area contributed by atoms with Crippen molar-refractivity contribution < 1.29 is 0 Å². The van der Waals surface area contributed by atoms with Crippen LogP contribution in [0.2, 0.25) is 0 Å². The lowest BCUT2D eigenvalue weighted by atomic mass is 9.75. The average Bonchev–Trinajstić information content (AvgIpc) is 2.21. The molecule has 1 aliphatic rings. The first-order chi connectivity index (χ1) is 7.96. The van der Waals surface area contributed by atoms with Gasteiger partial charge in [0, 0.05) is 9.61 Å². The van der Waals surface area contributed by atoms with Gasteiger partial charge in [0.05, 0.1) is 11.4 Å². The van der Waals surface area contributed by atoms with E-state index in [2.05, 4.69) is 53.9 Å². The number of halogens is 1. The fourth-order valence-electron chi connectivity index (χ4n) is 2.71. The summed E-state index contributed by atoms with van der Waals surface area (Å²) >= 11 is 2.29. The molecule has 2 rings (SSSR count). The highest BCUT2D eigenvalue weighted by atomic mass is 127. The molecule has 0 heterocycles. The van der Waals surface area contributed by atoms with Gasteiger partial charge in [-0.05, 0) is 65.5 Å².